The van der Waals surface area contributed by atoms with Crippen LogP contribution < -0.4 is 10.2 Å². The fourth-order valence-corrected chi connectivity index (χ4v) is 3.47. The van der Waals surface area contributed by atoms with Crippen LogP contribution in [0, 0.1) is 0 Å². The summed E-state index contributed by atoms with van der Waals surface area (Å²) in [6, 6.07) is 3.90. The summed E-state index contributed by atoms with van der Waals surface area (Å²) < 4.78 is 66.6. The van der Waals surface area contributed by atoms with Crippen LogP contribution in [0.2, 0.25) is 0 Å². The van der Waals surface area contributed by atoms with Crippen LogP contribution in [-0.2, 0) is 14.8 Å². The monoisotopic (exact) mass is 384 g/mol. The molecule has 1 aromatic rings. The highest BCUT2D eigenvalue weighted by atomic mass is 32.2. The molecule has 142 valence electrons. The maximum absolute atomic E-state index is 12.6. The largest absolute Gasteiger partial charge is 0.573 e. The third-order valence-corrected chi connectivity index (χ3v) is 4.97. The van der Waals surface area contributed by atoms with Gasteiger partial charge in [-0.3, -0.25) is 10.0 Å². The highest BCUT2D eigenvalue weighted by molar-refractivity contribution is 7.89. The van der Waals surface area contributed by atoms with Gasteiger partial charge in [-0.05, 0) is 18.6 Å². The second kappa shape index (κ2) is 9.02. The fourth-order valence-electron chi connectivity index (χ4n) is 2.00. The van der Waals surface area contributed by atoms with Gasteiger partial charge in [0.25, 0.3) is 5.91 Å². The SMILES string of the molecule is CCCCCN(CC(=O)NO)S(=O)(=O)c1cccc(OC(F)(F)F)c1. The number of nitrogens with one attached hydrogen (secondary N) is 1. The van der Waals surface area contributed by atoms with Crippen molar-refractivity contribution in [3.05, 3.63) is 24.3 Å². The van der Waals surface area contributed by atoms with Gasteiger partial charge in [0.05, 0.1) is 11.4 Å². The van der Waals surface area contributed by atoms with E-state index in [1.54, 1.807) is 0 Å². The van der Waals surface area contributed by atoms with Crippen molar-refractivity contribution < 1.29 is 36.3 Å². The maximum Gasteiger partial charge on any atom is 0.573 e. The van der Waals surface area contributed by atoms with Crippen molar-refractivity contribution in [1.82, 2.24) is 9.79 Å². The van der Waals surface area contributed by atoms with Gasteiger partial charge in [0.1, 0.15) is 5.75 Å². The van der Waals surface area contributed by atoms with Gasteiger partial charge in [0, 0.05) is 12.6 Å². The minimum atomic E-state index is -4.96. The van der Waals surface area contributed by atoms with E-state index in [1.165, 1.54) is 5.48 Å². The Morgan fingerprint density at radius 3 is 2.56 bits per heavy atom. The second-order valence-corrected chi connectivity index (χ2v) is 7.04. The van der Waals surface area contributed by atoms with E-state index in [4.69, 9.17) is 5.21 Å². The summed E-state index contributed by atoms with van der Waals surface area (Å²) in [6.07, 6.45) is -3.01. The highest BCUT2D eigenvalue weighted by Gasteiger charge is 2.32. The summed E-state index contributed by atoms with van der Waals surface area (Å²) >= 11 is 0. The summed E-state index contributed by atoms with van der Waals surface area (Å²) in [5, 5.41) is 8.60. The number of hydroxylamine groups is 1. The Bertz CT molecular complexity index is 679. The number of benzene rings is 1. The minimum absolute atomic E-state index is 0.0199. The van der Waals surface area contributed by atoms with E-state index < -0.39 is 39.5 Å². The Morgan fingerprint density at radius 2 is 2.00 bits per heavy atom. The topological polar surface area (TPSA) is 95.9 Å². The highest BCUT2D eigenvalue weighted by Crippen LogP contribution is 2.26. The van der Waals surface area contributed by atoms with Crippen molar-refractivity contribution in [3.8, 4) is 5.75 Å². The van der Waals surface area contributed by atoms with Gasteiger partial charge in [0.2, 0.25) is 10.0 Å². The number of halogens is 3. The Balaban J connectivity index is 3.10. The number of sulfonamides is 1. The van der Waals surface area contributed by atoms with Crippen LogP contribution in [0.4, 0.5) is 13.2 Å². The summed E-state index contributed by atoms with van der Waals surface area (Å²) in [7, 11) is -4.25. The maximum atomic E-state index is 12.6. The van der Waals surface area contributed by atoms with E-state index in [2.05, 4.69) is 4.74 Å². The number of alkyl halides is 3. The van der Waals surface area contributed by atoms with Crippen LogP contribution in [0.1, 0.15) is 26.2 Å². The van der Waals surface area contributed by atoms with Gasteiger partial charge in [-0.15, -0.1) is 13.2 Å². The van der Waals surface area contributed by atoms with E-state index in [1.807, 2.05) is 6.92 Å². The molecule has 0 unspecified atom stereocenters. The zero-order chi connectivity index (χ0) is 19.1. The zero-order valence-electron chi connectivity index (χ0n) is 13.4. The van der Waals surface area contributed by atoms with Gasteiger partial charge in [-0.2, -0.15) is 4.31 Å². The second-order valence-electron chi connectivity index (χ2n) is 5.10. The molecule has 2 N–H and O–H groups in total. The molecule has 0 heterocycles. The first-order valence-corrected chi connectivity index (χ1v) is 8.83. The predicted octanol–water partition coefficient (Wildman–Crippen LogP) is 2.27. The van der Waals surface area contributed by atoms with Gasteiger partial charge >= 0.3 is 6.36 Å². The van der Waals surface area contributed by atoms with E-state index in [-0.39, 0.29) is 6.54 Å². The van der Waals surface area contributed by atoms with Crippen molar-refractivity contribution in [1.29, 1.82) is 0 Å². The third kappa shape index (κ3) is 6.88. The van der Waals surface area contributed by atoms with Crippen molar-refractivity contribution in [2.75, 3.05) is 13.1 Å². The molecule has 0 atom stereocenters. The van der Waals surface area contributed by atoms with Crippen LogP contribution in [-0.4, -0.2) is 43.3 Å². The zero-order valence-corrected chi connectivity index (χ0v) is 14.2. The van der Waals surface area contributed by atoms with Crippen molar-refractivity contribution in [2.45, 2.75) is 37.4 Å². The Labute approximate surface area is 143 Å². The van der Waals surface area contributed by atoms with E-state index in [0.717, 1.165) is 35.0 Å². The summed E-state index contributed by atoms with van der Waals surface area (Å²) in [6.45, 7) is 1.22. The average molecular weight is 384 g/mol. The number of carbonyl (C=O) groups excluding carboxylic acids is 1. The van der Waals surface area contributed by atoms with Crippen LogP contribution in [0.5, 0.6) is 5.75 Å². The Morgan fingerprint density at radius 1 is 1.32 bits per heavy atom. The molecular formula is C14H19F3N2O5S. The van der Waals surface area contributed by atoms with E-state index in [9.17, 15) is 26.4 Å². The number of rotatable bonds is 9. The molecule has 0 saturated carbocycles. The molecule has 0 saturated heterocycles. The number of hydrogen-bond donors (Lipinski definition) is 2. The quantitative estimate of drug-likeness (QED) is 0.387. The first kappa shape index (κ1) is 21.2. The molecule has 0 aliphatic carbocycles. The first-order chi connectivity index (χ1) is 11.6. The molecule has 0 aliphatic heterocycles. The van der Waals surface area contributed by atoms with E-state index >= 15 is 0 Å². The molecule has 0 radical (unpaired) electrons. The molecule has 7 nitrogen and oxygen atoms in total. The van der Waals surface area contributed by atoms with Crippen molar-refractivity contribution >= 4 is 15.9 Å². The number of unbranched alkanes of at least 4 members (excludes halogenated alkanes) is 2. The van der Waals surface area contributed by atoms with Crippen LogP contribution >= 0.6 is 0 Å². The lowest BCUT2D eigenvalue weighted by Gasteiger charge is -2.21. The molecule has 1 amide bonds. The molecule has 25 heavy (non-hydrogen) atoms. The molecule has 1 rings (SSSR count). The van der Waals surface area contributed by atoms with Crippen LogP contribution in [0.3, 0.4) is 0 Å². The summed E-state index contributed by atoms with van der Waals surface area (Å²) in [4.78, 5) is 10.9. The van der Waals surface area contributed by atoms with Crippen molar-refractivity contribution in [2.24, 2.45) is 0 Å². The molecule has 0 bridgehead atoms. The summed E-state index contributed by atoms with van der Waals surface area (Å²) in [5.74, 6) is -1.64. The molecule has 0 aliphatic rings. The van der Waals surface area contributed by atoms with Crippen LogP contribution in [0.15, 0.2) is 29.2 Å². The fraction of sp³-hybridized carbons (Fsp3) is 0.500. The average Bonchev–Trinajstić information content (AvgIpc) is 2.52. The van der Waals surface area contributed by atoms with Crippen LogP contribution in [0.25, 0.3) is 0 Å². The predicted molar refractivity (Wildman–Crippen MR) is 81.3 cm³/mol. The lowest BCUT2D eigenvalue weighted by molar-refractivity contribution is -0.274. The van der Waals surface area contributed by atoms with Gasteiger partial charge in [0.15, 0.2) is 0 Å². The number of ether oxygens (including phenoxy) is 1. The minimum Gasteiger partial charge on any atom is -0.406 e. The lowest BCUT2D eigenvalue weighted by atomic mass is 10.2. The molecule has 0 spiro atoms. The van der Waals surface area contributed by atoms with Crippen molar-refractivity contribution in [3.63, 3.8) is 0 Å². The molecule has 0 fully saturated rings. The third-order valence-electron chi connectivity index (χ3n) is 3.13. The molecule has 11 heteroatoms. The van der Waals surface area contributed by atoms with Gasteiger partial charge in [-0.1, -0.05) is 25.8 Å². The van der Waals surface area contributed by atoms with Gasteiger partial charge < -0.3 is 4.74 Å². The molecule has 1 aromatic carbocycles. The van der Waals surface area contributed by atoms with E-state index in [0.29, 0.717) is 12.8 Å². The standard InChI is InChI=1S/C14H19F3N2O5S/c1-2-3-4-8-19(10-13(20)18-21)25(22,23)12-7-5-6-11(9-12)24-14(15,16)17/h5-7,9,21H,2-4,8,10H2,1H3,(H,18,20). The number of amides is 1. The first-order valence-electron chi connectivity index (χ1n) is 7.39. The lowest BCUT2D eigenvalue weighted by Crippen LogP contribution is -2.40. The number of carbonyl (C=O) groups is 1. The molecule has 0 aromatic heterocycles. The molecular weight excluding hydrogens is 365 g/mol. The Hall–Kier alpha value is -1.85. The smallest absolute Gasteiger partial charge is 0.406 e. The number of nitrogens with zero attached hydrogens (tertiary/aromatic N) is 1. The Kier molecular flexibility index (Phi) is 7.64. The summed E-state index contributed by atoms with van der Waals surface area (Å²) in [5.41, 5.74) is 1.33. The number of hydrogen-bond acceptors (Lipinski definition) is 5. The van der Waals surface area contributed by atoms with Gasteiger partial charge in [-0.25, -0.2) is 13.9 Å². The normalized spacial score (nSPS) is 12.2.